The Morgan fingerprint density at radius 3 is 1.00 bits per heavy atom. The lowest BCUT2D eigenvalue weighted by Gasteiger charge is -2.34. The Labute approximate surface area is 115 Å². The molecule has 4 heteroatoms. The molecule has 0 fully saturated rings. The molecule has 0 aliphatic heterocycles. The Balaban J connectivity index is 2.94. The summed E-state index contributed by atoms with van der Waals surface area (Å²) in [5.41, 5.74) is 2.67. The van der Waals surface area contributed by atoms with Gasteiger partial charge in [-0.2, -0.15) is 0 Å². The molecule has 2 nitrogen and oxygen atoms in total. The lowest BCUT2D eigenvalue weighted by atomic mass is 10.3. The lowest BCUT2D eigenvalue weighted by molar-refractivity contribution is 1.22. The minimum Gasteiger partial charge on any atom is -0.401 e. The van der Waals surface area contributed by atoms with Crippen LogP contribution in [0.1, 0.15) is 0 Å². The first-order valence-electron chi connectivity index (χ1n) is 6.61. The van der Waals surface area contributed by atoms with Gasteiger partial charge in [0.05, 0.1) is 0 Å². The van der Waals surface area contributed by atoms with E-state index in [0.29, 0.717) is 0 Å². The predicted molar refractivity (Wildman–Crippen MR) is 89.9 cm³/mol. The van der Waals surface area contributed by atoms with Crippen LogP contribution in [-0.2, 0) is 0 Å². The highest BCUT2D eigenvalue weighted by Gasteiger charge is 2.22. The molecule has 1 aromatic carbocycles. The topological polar surface area (TPSA) is 6.48 Å². The summed E-state index contributed by atoms with van der Waals surface area (Å²) in [6, 6.07) is 9.02. The Morgan fingerprint density at radius 2 is 0.833 bits per heavy atom. The number of rotatable bonds is 4. The van der Waals surface area contributed by atoms with Crippen LogP contribution in [-0.4, -0.2) is 30.6 Å². The average molecular weight is 281 g/mol. The molecule has 18 heavy (non-hydrogen) atoms. The van der Waals surface area contributed by atoms with Gasteiger partial charge in [0.2, 0.25) is 0 Å². The maximum Gasteiger partial charge on any atom is 0.147 e. The quantitative estimate of drug-likeness (QED) is 0.762. The van der Waals surface area contributed by atoms with Gasteiger partial charge in [-0.05, 0) is 38.4 Å². The van der Waals surface area contributed by atoms with Gasteiger partial charge in [0.1, 0.15) is 16.5 Å². The molecule has 0 saturated carbocycles. The summed E-state index contributed by atoms with van der Waals surface area (Å²) in [5, 5.41) is 0. The van der Waals surface area contributed by atoms with Gasteiger partial charge in [0.25, 0.3) is 0 Å². The van der Waals surface area contributed by atoms with Crippen molar-refractivity contribution in [1.82, 2.24) is 0 Å². The van der Waals surface area contributed by atoms with Crippen molar-refractivity contribution in [3.05, 3.63) is 24.3 Å². The van der Waals surface area contributed by atoms with Gasteiger partial charge < -0.3 is 9.13 Å². The zero-order chi connectivity index (χ0) is 14.1. The van der Waals surface area contributed by atoms with Gasteiger partial charge in [-0.3, -0.25) is 0 Å². The molecule has 0 amide bonds. The molecule has 0 aromatic heterocycles. The summed E-state index contributed by atoms with van der Waals surface area (Å²) in [7, 11) is 1.92. The average Bonchev–Trinajstić information content (AvgIpc) is 2.25. The number of anilines is 2. The van der Waals surface area contributed by atoms with Crippen LogP contribution in [0.4, 0.5) is 11.4 Å². The Hall–Kier alpha value is -0.746. The third kappa shape index (κ3) is 3.62. The molecule has 0 atom stereocenters. The van der Waals surface area contributed by atoms with Crippen molar-refractivity contribution < 1.29 is 0 Å². The summed E-state index contributed by atoms with van der Waals surface area (Å²) < 4.78 is 4.90. The molecular formula is C14H28N2Si2. The van der Waals surface area contributed by atoms with Crippen LogP contribution in [0.5, 0.6) is 0 Å². The normalized spacial score (nSPS) is 12.4. The third-order valence-corrected chi connectivity index (χ3v) is 8.18. The van der Waals surface area contributed by atoms with Crippen LogP contribution in [0.25, 0.3) is 0 Å². The second-order valence-corrected chi connectivity index (χ2v) is 17.0. The van der Waals surface area contributed by atoms with Crippen molar-refractivity contribution in [2.75, 3.05) is 23.2 Å². The Bertz CT molecular complexity index is 349. The fourth-order valence-corrected chi connectivity index (χ4v) is 3.52. The maximum atomic E-state index is 2.45. The van der Waals surface area contributed by atoms with E-state index in [0.717, 1.165) is 0 Å². The largest absolute Gasteiger partial charge is 0.401 e. The van der Waals surface area contributed by atoms with E-state index in [1.807, 2.05) is 0 Å². The first-order valence-corrected chi connectivity index (χ1v) is 13.5. The third-order valence-electron chi connectivity index (χ3n) is 3.64. The van der Waals surface area contributed by atoms with E-state index in [4.69, 9.17) is 0 Å². The van der Waals surface area contributed by atoms with Crippen LogP contribution in [0, 0.1) is 0 Å². The van der Waals surface area contributed by atoms with Gasteiger partial charge >= 0.3 is 0 Å². The highest BCUT2D eigenvalue weighted by molar-refractivity contribution is 6.80. The van der Waals surface area contributed by atoms with Gasteiger partial charge in [-0.25, -0.2) is 0 Å². The lowest BCUT2D eigenvalue weighted by Crippen LogP contribution is -2.44. The van der Waals surface area contributed by atoms with Crippen LogP contribution in [0.3, 0.4) is 0 Å². The molecule has 0 radical (unpaired) electrons. The van der Waals surface area contributed by atoms with Crippen molar-refractivity contribution >= 4 is 27.8 Å². The number of benzene rings is 1. The predicted octanol–water partition coefficient (Wildman–Crippen LogP) is 4.23. The molecule has 0 N–H and O–H groups in total. The van der Waals surface area contributed by atoms with Gasteiger partial charge in [-0.15, -0.1) is 0 Å². The summed E-state index contributed by atoms with van der Waals surface area (Å²) in [5.74, 6) is 0. The summed E-state index contributed by atoms with van der Waals surface area (Å²) in [6.45, 7) is 14.2. The van der Waals surface area contributed by atoms with Crippen molar-refractivity contribution in [1.29, 1.82) is 0 Å². The molecule has 0 saturated heterocycles. The van der Waals surface area contributed by atoms with E-state index < -0.39 is 16.5 Å². The fourth-order valence-electron chi connectivity index (χ4n) is 1.67. The van der Waals surface area contributed by atoms with Gasteiger partial charge in [-0.1, -0.05) is 39.3 Å². The van der Waals surface area contributed by atoms with E-state index in [2.05, 4.69) is 86.8 Å². The standard InChI is InChI=1S/C14H28N2Si2/c1-15(17(3,4)5)13-9-11-14(12-10-13)16(2)18(6,7)8/h9-12H,1-8H3. The molecule has 0 spiro atoms. The van der Waals surface area contributed by atoms with E-state index in [-0.39, 0.29) is 0 Å². The molecule has 1 aromatic rings. The van der Waals surface area contributed by atoms with Crippen LogP contribution in [0.15, 0.2) is 24.3 Å². The SMILES string of the molecule is CN(c1ccc(N(C)[Si](C)(C)C)cc1)[Si](C)(C)C. The summed E-state index contributed by atoms with van der Waals surface area (Å²) in [4.78, 5) is 0. The van der Waals surface area contributed by atoms with E-state index in [9.17, 15) is 0 Å². The van der Waals surface area contributed by atoms with Gasteiger partial charge in [0.15, 0.2) is 0 Å². The second kappa shape index (κ2) is 5.09. The minimum atomic E-state index is -1.25. The van der Waals surface area contributed by atoms with Crippen LogP contribution >= 0.6 is 0 Å². The van der Waals surface area contributed by atoms with E-state index in [1.165, 1.54) is 11.4 Å². The Morgan fingerprint density at radius 1 is 0.611 bits per heavy atom. The molecule has 0 aliphatic rings. The fraction of sp³-hybridized carbons (Fsp3) is 0.571. The smallest absolute Gasteiger partial charge is 0.147 e. The number of nitrogens with zero attached hydrogens (tertiary/aromatic N) is 2. The Kier molecular flexibility index (Phi) is 4.33. The first-order chi connectivity index (χ1) is 8.03. The molecule has 0 heterocycles. The van der Waals surface area contributed by atoms with E-state index >= 15 is 0 Å². The van der Waals surface area contributed by atoms with Crippen molar-refractivity contribution in [2.45, 2.75) is 39.3 Å². The van der Waals surface area contributed by atoms with Crippen LogP contribution in [0.2, 0.25) is 39.3 Å². The van der Waals surface area contributed by atoms with Crippen LogP contribution < -0.4 is 9.13 Å². The second-order valence-electron chi connectivity index (χ2n) is 6.98. The highest BCUT2D eigenvalue weighted by atomic mass is 28.3. The van der Waals surface area contributed by atoms with Gasteiger partial charge in [0, 0.05) is 11.4 Å². The highest BCUT2D eigenvalue weighted by Crippen LogP contribution is 2.25. The monoisotopic (exact) mass is 280 g/mol. The van der Waals surface area contributed by atoms with Crippen molar-refractivity contribution in [3.63, 3.8) is 0 Å². The van der Waals surface area contributed by atoms with Crippen molar-refractivity contribution in [3.8, 4) is 0 Å². The maximum absolute atomic E-state index is 2.45. The van der Waals surface area contributed by atoms with Crippen molar-refractivity contribution in [2.24, 2.45) is 0 Å². The summed E-state index contributed by atoms with van der Waals surface area (Å²) >= 11 is 0. The van der Waals surface area contributed by atoms with E-state index in [1.54, 1.807) is 0 Å². The molecule has 0 aliphatic carbocycles. The molecule has 0 bridgehead atoms. The number of hydrogen-bond donors (Lipinski definition) is 0. The zero-order valence-electron chi connectivity index (χ0n) is 13.2. The minimum absolute atomic E-state index is 1.25. The molecular weight excluding hydrogens is 252 g/mol. The zero-order valence-corrected chi connectivity index (χ0v) is 15.2. The molecule has 1 rings (SSSR count). The molecule has 0 unspecified atom stereocenters. The molecule has 102 valence electrons. The number of hydrogen-bond acceptors (Lipinski definition) is 2. The first kappa shape index (κ1) is 15.3. The summed E-state index contributed by atoms with van der Waals surface area (Å²) in [6.07, 6.45) is 0.